The fraction of sp³-hybridized carbons (Fsp3) is 0.867. The predicted octanol–water partition coefficient (Wildman–Crippen LogP) is 4.33. The molecule has 0 bridgehead atoms. The Hall–Kier alpha value is -0.550. The van der Waals surface area contributed by atoms with Crippen LogP contribution in [0.1, 0.15) is 71.6 Å². The van der Waals surface area contributed by atoms with E-state index in [9.17, 15) is 8.42 Å². The molecule has 0 fully saturated rings. The molecule has 0 aromatic heterocycles. The van der Waals surface area contributed by atoms with Crippen LogP contribution in [0.4, 0.5) is 0 Å². The number of hydrogen-bond acceptors (Lipinski definition) is 3. The first kappa shape index (κ1) is 19.4. The van der Waals surface area contributed by atoms with E-state index in [2.05, 4.69) is 6.92 Å². The second-order valence-corrected chi connectivity index (χ2v) is 6.64. The molecular formula is C15H30O4S. The van der Waals surface area contributed by atoms with Crippen LogP contribution >= 0.6 is 0 Å². The Morgan fingerprint density at radius 2 is 1.50 bits per heavy atom. The van der Waals surface area contributed by atoms with E-state index in [4.69, 9.17) is 9.29 Å². The summed E-state index contributed by atoms with van der Waals surface area (Å²) in [6, 6.07) is 0. The van der Waals surface area contributed by atoms with Crippen LogP contribution in [0.5, 0.6) is 0 Å². The monoisotopic (exact) mass is 306 g/mol. The molecule has 0 aliphatic carbocycles. The van der Waals surface area contributed by atoms with Crippen LogP contribution in [-0.4, -0.2) is 25.3 Å². The van der Waals surface area contributed by atoms with Gasteiger partial charge >= 0.3 is 0 Å². The zero-order valence-corrected chi connectivity index (χ0v) is 13.8. The van der Waals surface area contributed by atoms with Gasteiger partial charge in [0.05, 0.1) is 18.1 Å². The van der Waals surface area contributed by atoms with Crippen LogP contribution in [0.25, 0.3) is 0 Å². The van der Waals surface area contributed by atoms with Crippen LogP contribution in [-0.2, 0) is 14.9 Å². The Balaban J connectivity index is 3.21. The van der Waals surface area contributed by atoms with E-state index in [1.54, 1.807) is 0 Å². The van der Waals surface area contributed by atoms with E-state index >= 15 is 0 Å². The van der Waals surface area contributed by atoms with Crippen molar-refractivity contribution in [1.82, 2.24) is 0 Å². The molecule has 0 aliphatic heterocycles. The lowest BCUT2D eigenvalue weighted by molar-refractivity contribution is 0.197. The van der Waals surface area contributed by atoms with Crippen LogP contribution in [0, 0.1) is 0 Å². The molecule has 0 spiro atoms. The van der Waals surface area contributed by atoms with Gasteiger partial charge in [-0.05, 0) is 25.8 Å². The van der Waals surface area contributed by atoms with Crippen molar-refractivity contribution < 1.29 is 17.7 Å². The summed E-state index contributed by atoms with van der Waals surface area (Å²) < 4.78 is 35.2. The number of rotatable bonds is 13. The Bertz CT molecular complexity index is 347. The number of unbranched alkanes of at least 4 members (excludes halogenated alkanes) is 7. The van der Waals surface area contributed by atoms with Crippen molar-refractivity contribution in [2.75, 3.05) is 12.4 Å². The molecule has 0 aliphatic rings. The maximum Gasteiger partial charge on any atom is 0.264 e. The molecule has 1 N–H and O–H groups in total. The molecular weight excluding hydrogens is 276 g/mol. The zero-order valence-electron chi connectivity index (χ0n) is 12.9. The summed E-state index contributed by atoms with van der Waals surface area (Å²) in [5.74, 6) is 0.971. The first-order valence-corrected chi connectivity index (χ1v) is 9.33. The van der Waals surface area contributed by atoms with Crippen LogP contribution < -0.4 is 0 Å². The molecule has 0 heterocycles. The van der Waals surface area contributed by atoms with Gasteiger partial charge in [-0.2, -0.15) is 8.42 Å². The molecule has 0 aromatic carbocycles. The minimum absolute atomic E-state index is 0.102. The number of hydrogen-bond donors (Lipinski definition) is 1. The van der Waals surface area contributed by atoms with Gasteiger partial charge in [-0.1, -0.05) is 45.4 Å². The lowest BCUT2D eigenvalue weighted by Gasteiger charge is -2.07. The number of allylic oxidation sites excluding steroid dienone is 2. The highest BCUT2D eigenvalue weighted by atomic mass is 32.2. The molecule has 0 saturated heterocycles. The normalized spacial score (nSPS) is 12.7. The topological polar surface area (TPSA) is 63.6 Å². The maximum atomic E-state index is 10.5. The third-order valence-corrected chi connectivity index (χ3v) is 4.06. The summed E-state index contributed by atoms with van der Waals surface area (Å²) in [6.45, 7) is 4.90. The highest BCUT2D eigenvalue weighted by Gasteiger charge is 2.02. The van der Waals surface area contributed by atoms with E-state index in [1.807, 2.05) is 13.0 Å². The molecule has 0 aromatic rings. The first-order valence-electron chi connectivity index (χ1n) is 7.72. The van der Waals surface area contributed by atoms with Gasteiger partial charge in [0.15, 0.2) is 0 Å². The molecule has 5 heteroatoms. The van der Waals surface area contributed by atoms with Gasteiger partial charge in [0.1, 0.15) is 0 Å². The van der Waals surface area contributed by atoms with Crippen molar-refractivity contribution >= 4 is 10.1 Å². The van der Waals surface area contributed by atoms with E-state index in [-0.39, 0.29) is 5.75 Å². The Labute approximate surface area is 124 Å². The Kier molecular flexibility index (Phi) is 11.9. The van der Waals surface area contributed by atoms with E-state index in [1.165, 1.54) is 19.3 Å². The highest BCUT2D eigenvalue weighted by molar-refractivity contribution is 7.85. The minimum Gasteiger partial charge on any atom is -0.498 e. The van der Waals surface area contributed by atoms with Crippen molar-refractivity contribution in [1.29, 1.82) is 0 Å². The molecule has 4 nitrogen and oxygen atoms in total. The van der Waals surface area contributed by atoms with Crippen LogP contribution in [0.3, 0.4) is 0 Å². The van der Waals surface area contributed by atoms with Gasteiger partial charge in [-0.3, -0.25) is 4.55 Å². The summed E-state index contributed by atoms with van der Waals surface area (Å²) in [5.41, 5.74) is 0. The third-order valence-electron chi connectivity index (χ3n) is 3.25. The van der Waals surface area contributed by atoms with Crippen LogP contribution in [0.2, 0.25) is 0 Å². The molecule has 0 unspecified atom stereocenters. The van der Waals surface area contributed by atoms with Crippen molar-refractivity contribution in [3.8, 4) is 0 Å². The second kappa shape index (κ2) is 12.2. The van der Waals surface area contributed by atoms with Gasteiger partial charge < -0.3 is 4.74 Å². The fourth-order valence-electron chi connectivity index (χ4n) is 2.04. The average Bonchev–Trinajstić information content (AvgIpc) is 2.39. The minimum atomic E-state index is -3.76. The van der Waals surface area contributed by atoms with Gasteiger partial charge in [0.25, 0.3) is 10.1 Å². The van der Waals surface area contributed by atoms with Crippen molar-refractivity contribution in [2.24, 2.45) is 0 Å². The quantitative estimate of drug-likeness (QED) is 0.312. The lowest BCUT2D eigenvalue weighted by atomic mass is 10.1. The molecule has 0 saturated carbocycles. The summed E-state index contributed by atoms with van der Waals surface area (Å²) in [4.78, 5) is 0. The van der Waals surface area contributed by atoms with E-state index < -0.39 is 10.1 Å². The average molecular weight is 306 g/mol. The van der Waals surface area contributed by atoms with E-state index in [0.717, 1.165) is 44.5 Å². The molecule has 0 rings (SSSR count). The Morgan fingerprint density at radius 1 is 1.00 bits per heavy atom. The SMILES string of the molecule is CC=C(CC)OCCCCCCCCCCS(=O)(=O)O. The summed E-state index contributed by atoms with van der Waals surface area (Å²) in [7, 11) is -3.76. The molecule has 0 atom stereocenters. The maximum absolute atomic E-state index is 10.5. The molecule has 0 amide bonds. The van der Waals surface area contributed by atoms with Gasteiger partial charge in [0.2, 0.25) is 0 Å². The Morgan fingerprint density at radius 3 is 1.95 bits per heavy atom. The van der Waals surface area contributed by atoms with Crippen LogP contribution in [0.15, 0.2) is 11.8 Å². The van der Waals surface area contributed by atoms with Gasteiger partial charge in [-0.15, -0.1) is 0 Å². The summed E-state index contributed by atoms with van der Waals surface area (Å²) in [5, 5.41) is 0. The zero-order chi connectivity index (χ0) is 15.3. The van der Waals surface area contributed by atoms with Crippen molar-refractivity contribution in [3.05, 3.63) is 11.8 Å². The van der Waals surface area contributed by atoms with Gasteiger partial charge in [0, 0.05) is 6.42 Å². The number of ether oxygens (including phenoxy) is 1. The van der Waals surface area contributed by atoms with Crippen molar-refractivity contribution in [3.63, 3.8) is 0 Å². The largest absolute Gasteiger partial charge is 0.498 e. The summed E-state index contributed by atoms with van der Waals surface area (Å²) >= 11 is 0. The standard InChI is InChI=1S/C15H30O4S/c1-3-15(4-2)19-13-11-9-7-5-6-8-10-12-14-20(16,17)18/h3H,4-14H2,1-2H3,(H,16,17,18). The smallest absolute Gasteiger partial charge is 0.264 e. The first-order chi connectivity index (χ1) is 9.49. The summed E-state index contributed by atoms with van der Waals surface area (Å²) in [6.07, 6.45) is 11.3. The van der Waals surface area contributed by atoms with Crippen molar-refractivity contribution in [2.45, 2.75) is 71.6 Å². The lowest BCUT2D eigenvalue weighted by Crippen LogP contribution is -2.03. The second-order valence-electron chi connectivity index (χ2n) is 5.07. The molecule has 120 valence electrons. The van der Waals surface area contributed by atoms with Gasteiger partial charge in [-0.25, -0.2) is 0 Å². The van der Waals surface area contributed by atoms with E-state index in [0.29, 0.717) is 6.42 Å². The predicted molar refractivity (Wildman–Crippen MR) is 83.4 cm³/mol. The molecule has 0 radical (unpaired) electrons. The fourth-order valence-corrected chi connectivity index (χ4v) is 2.61. The highest BCUT2D eigenvalue weighted by Crippen LogP contribution is 2.10. The molecule has 20 heavy (non-hydrogen) atoms. The third kappa shape index (κ3) is 13.9.